The van der Waals surface area contributed by atoms with Crippen molar-refractivity contribution in [2.75, 3.05) is 6.61 Å². The molecule has 1 aromatic carbocycles. The van der Waals surface area contributed by atoms with Crippen molar-refractivity contribution in [3.63, 3.8) is 0 Å². The maximum absolute atomic E-state index is 5.93. The molecule has 0 saturated carbocycles. The van der Waals surface area contributed by atoms with Gasteiger partial charge in [0.1, 0.15) is 0 Å². The predicted octanol–water partition coefficient (Wildman–Crippen LogP) is 6.44. The van der Waals surface area contributed by atoms with Gasteiger partial charge in [0.15, 0.2) is 0 Å². The number of hydrogen-bond donors (Lipinski definition) is 0. The first-order chi connectivity index (χ1) is 10.1. The van der Waals surface area contributed by atoms with Crippen molar-refractivity contribution in [3.8, 4) is 0 Å². The lowest BCUT2D eigenvalue weighted by molar-refractivity contribution is -0.0446. The Hall–Kier alpha value is -1.08. The van der Waals surface area contributed by atoms with Gasteiger partial charge in [-0.05, 0) is 56.1 Å². The van der Waals surface area contributed by atoms with Crippen LogP contribution >= 0.6 is 0 Å². The zero-order valence-electron chi connectivity index (χ0n) is 15.6. The fourth-order valence-electron chi connectivity index (χ4n) is 2.20. The molecule has 0 fully saturated rings. The summed E-state index contributed by atoms with van der Waals surface area (Å²) in [6.07, 6.45) is 6.76. The van der Waals surface area contributed by atoms with E-state index in [4.69, 9.17) is 4.74 Å². The highest BCUT2D eigenvalue weighted by molar-refractivity contribution is 5.50. The molecule has 0 saturated heterocycles. The van der Waals surface area contributed by atoms with Crippen LogP contribution in [0.5, 0.6) is 0 Å². The number of rotatable bonds is 7. The minimum Gasteiger partial charge on any atom is -0.375 e. The Morgan fingerprint density at radius 3 is 2.36 bits per heavy atom. The van der Waals surface area contributed by atoms with Crippen LogP contribution in [-0.2, 0) is 4.74 Å². The summed E-state index contributed by atoms with van der Waals surface area (Å²) in [6.45, 7) is 16.2. The van der Waals surface area contributed by atoms with Gasteiger partial charge in [0.2, 0.25) is 0 Å². The van der Waals surface area contributed by atoms with Crippen molar-refractivity contribution in [1.82, 2.24) is 0 Å². The normalized spacial score (nSPS) is 13.3. The number of benzene rings is 1. The van der Waals surface area contributed by atoms with Gasteiger partial charge in [-0.25, -0.2) is 0 Å². The molecule has 0 radical (unpaired) electrons. The minimum atomic E-state index is -0.0512. The van der Waals surface area contributed by atoms with Gasteiger partial charge in [0.25, 0.3) is 0 Å². The van der Waals surface area contributed by atoms with Crippen LogP contribution in [0.25, 0.3) is 6.08 Å². The average Bonchev–Trinajstić information content (AvgIpc) is 2.41. The Bertz CT molecular complexity index is 475. The fraction of sp³-hybridized carbons (Fsp3) is 0.619. The van der Waals surface area contributed by atoms with Crippen molar-refractivity contribution in [3.05, 3.63) is 41.5 Å². The van der Waals surface area contributed by atoms with E-state index in [9.17, 15) is 0 Å². The van der Waals surface area contributed by atoms with Gasteiger partial charge in [-0.1, -0.05) is 64.1 Å². The molecule has 124 valence electrons. The van der Waals surface area contributed by atoms with Gasteiger partial charge in [0, 0.05) is 0 Å². The molecule has 0 atom stereocenters. The molecule has 0 aliphatic carbocycles. The summed E-state index contributed by atoms with van der Waals surface area (Å²) in [5.74, 6) is 0.585. The van der Waals surface area contributed by atoms with Crippen molar-refractivity contribution >= 4 is 6.08 Å². The van der Waals surface area contributed by atoms with E-state index < -0.39 is 0 Å². The van der Waals surface area contributed by atoms with Crippen LogP contribution in [-0.4, -0.2) is 12.2 Å². The van der Waals surface area contributed by atoms with Crippen molar-refractivity contribution in [2.45, 2.75) is 72.8 Å². The maximum Gasteiger partial charge on any atom is 0.0598 e. The van der Waals surface area contributed by atoms with Crippen LogP contribution in [0, 0.1) is 5.41 Å². The van der Waals surface area contributed by atoms with Gasteiger partial charge >= 0.3 is 0 Å². The Morgan fingerprint density at radius 1 is 1.09 bits per heavy atom. The monoisotopic (exact) mass is 302 g/mol. The number of ether oxygens (including phenoxy) is 1. The summed E-state index contributed by atoms with van der Waals surface area (Å²) in [7, 11) is 0. The molecule has 1 rings (SSSR count). The molecule has 0 bridgehead atoms. The molecule has 0 spiro atoms. The van der Waals surface area contributed by atoms with E-state index >= 15 is 0 Å². The SMILES string of the molecule is CC(C)c1cccc(/C=C/CCC(C)(C)COC(C)(C)C)c1. The third-order valence-corrected chi connectivity index (χ3v) is 3.77. The maximum atomic E-state index is 5.93. The zero-order chi connectivity index (χ0) is 16.8. The highest BCUT2D eigenvalue weighted by atomic mass is 16.5. The summed E-state index contributed by atoms with van der Waals surface area (Å²) < 4.78 is 5.93. The molecule has 0 amide bonds. The third kappa shape index (κ3) is 7.79. The Morgan fingerprint density at radius 2 is 1.77 bits per heavy atom. The van der Waals surface area contributed by atoms with Crippen molar-refractivity contribution in [2.24, 2.45) is 5.41 Å². The third-order valence-electron chi connectivity index (χ3n) is 3.77. The van der Waals surface area contributed by atoms with Gasteiger partial charge in [-0.3, -0.25) is 0 Å². The summed E-state index contributed by atoms with van der Waals surface area (Å²) in [5, 5.41) is 0. The summed E-state index contributed by atoms with van der Waals surface area (Å²) in [4.78, 5) is 0. The zero-order valence-corrected chi connectivity index (χ0v) is 15.6. The van der Waals surface area contributed by atoms with Crippen molar-refractivity contribution < 1.29 is 4.74 Å². The standard InChI is InChI=1S/C21H34O/c1-17(2)19-13-10-12-18(15-19)11-8-9-14-21(6,7)16-22-20(3,4)5/h8,10-13,15,17H,9,14,16H2,1-7H3/b11-8+. The van der Waals surface area contributed by atoms with E-state index in [-0.39, 0.29) is 11.0 Å². The number of hydrogen-bond acceptors (Lipinski definition) is 1. The molecular formula is C21H34O. The van der Waals surface area contributed by atoms with Crippen LogP contribution in [0.4, 0.5) is 0 Å². The van der Waals surface area contributed by atoms with Gasteiger partial charge in [-0.15, -0.1) is 0 Å². The molecule has 1 nitrogen and oxygen atoms in total. The second kappa shape index (κ2) is 7.97. The highest BCUT2D eigenvalue weighted by Crippen LogP contribution is 2.25. The molecule has 1 aromatic rings. The summed E-state index contributed by atoms with van der Waals surface area (Å²) >= 11 is 0. The second-order valence-corrected chi connectivity index (χ2v) is 8.33. The van der Waals surface area contributed by atoms with E-state index in [1.54, 1.807) is 0 Å². The molecule has 0 aliphatic heterocycles. The molecular weight excluding hydrogens is 268 g/mol. The quantitative estimate of drug-likeness (QED) is 0.562. The van der Waals surface area contributed by atoms with Crippen LogP contribution in [0.1, 0.15) is 78.4 Å². The van der Waals surface area contributed by atoms with E-state index in [1.807, 2.05) is 0 Å². The lowest BCUT2D eigenvalue weighted by atomic mass is 9.88. The van der Waals surface area contributed by atoms with Crippen LogP contribution in [0.3, 0.4) is 0 Å². The molecule has 0 aliphatic rings. The van der Waals surface area contributed by atoms with Gasteiger partial charge < -0.3 is 4.74 Å². The Kier molecular flexibility index (Phi) is 6.87. The second-order valence-electron chi connectivity index (χ2n) is 8.33. The van der Waals surface area contributed by atoms with E-state index in [1.165, 1.54) is 11.1 Å². The minimum absolute atomic E-state index is 0.0512. The smallest absolute Gasteiger partial charge is 0.0598 e. The molecule has 1 heteroatoms. The molecule has 0 N–H and O–H groups in total. The summed E-state index contributed by atoms with van der Waals surface area (Å²) in [5.41, 5.74) is 2.87. The first-order valence-corrected chi connectivity index (χ1v) is 8.49. The van der Waals surface area contributed by atoms with Crippen LogP contribution in [0.2, 0.25) is 0 Å². The Balaban J connectivity index is 2.47. The average molecular weight is 303 g/mol. The Labute approximate surface area is 137 Å². The fourth-order valence-corrected chi connectivity index (χ4v) is 2.20. The highest BCUT2D eigenvalue weighted by Gasteiger charge is 2.21. The predicted molar refractivity (Wildman–Crippen MR) is 98.3 cm³/mol. The van der Waals surface area contributed by atoms with Crippen LogP contribution < -0.4 is 0 Å². The molecule has 0 unspecified atom stereocenters. The lowest BCUT2D eigenvalue weighted by Gasteiger charge is -2.29. The van der Waals surface area contributed by atoms with E-state index in [0.717, 1.165) is 19.4 Å². The van der Waals surface area contributed by atoms with Crippen LogP contribution in [0.15, 0.2) is 30.3 Å². The van der Waals surface area contributed by atoms with E-state index in [2.05, 4.69) is 84.9 Å². The van der Waals surface area contributed by atoms with Gasteiger partial charge in [0.05, 0.1) is 12.2 Å². The lowest BCUT2D eigenvalue weighted by Crippen LogP contribution is -2.28. The number of allylic oxidation sites excluding steroid dienone is 1. The molecule has 0 aromatic heterocycles. The molecule has 22 heavy (non-hydrogen) atoms. The molecule has 0 heterocycles. The van der Waals surface area contributed by atoms with E-state index in [0.29, 0.717) is 5.92 Å². The topological polar surface area (TPSA) is 9.23 Å². The van der Waals surface area contributed by atoms with Crippen molar-refractivity contribution in [1.29, 1.82) is 0 Å². The largest absolute Gasteiger partial charge is 0.375 e. The summed E-state index contributed by atoms with van der Waals surface area (Å²) in [6, 6.07) is 8.82. The van der Waals surface area contributed by atoms with Gasteiger partial charge in [-0.2, -0.15) is 0 Å². The first-order valence-electron chi connectivity index (χ1n) is 8.49. The first kappa shape index (κ1) is 19.0.